The Bertz CT molecular complexity index is 455. The molecule has 0 bridgehead atoms. The number of thiazole rings is 1. The molecule has 0 amide bonds. The van der Waals surface area contributed by atoms with Crippen molar-refractivity contribution in [1.29, 1.82) is 0 Å². The zero-order chi connectivity index (χ0) is 10.5. The number of fused-ring (bicyclic) bond motifs is 1. The number of hydrogen-bond donors (Lipinski definition) is 1. The van der Waals surface area contributed by atoms with Gasteiger partial charge in [0.2, 0.25) is 0 Å². The number of imidazole rings is 1. The molecule has 3 nitrogen and oxygen atoms in total. The van der Waals surface area contributed by atoms with Gasteiger partial charge in [0, 0.05) is 30.2 Å². The molecule has 0 aliphatic heterocycles. The maximum Gasteiger partial charge on any atom is 0.193 e. The molecular weight excluding hydrogens is 213 g/mol. The lowest BCUT2D eigenvalue weighted by molar-refractivity contribution is 0.0436. The minimum Gasteiger partial charge on any atom is -0.327 e. The van der Waals surface area contributed by atoms with E-state index in [1.165, 1.54) is 0 Å². The quantitative estimate of drug-likeness (QED) is 0.846. The highest BCUT2D eigenvalue weighted by molar-refractivity contribution is 7.15. The summed E-state index contributed by atoms with van der Waals surface area (Å²) in [6, 6.07) is 0.0405. The van der Waals surface area contributed by atoms with E-state index in [9.17, 15) is 4.39 Å². The van der Waals surface area contributed by atoms with Crippen LogP contribution in [0.5, 0.6) is 0 Å². The van der Waals surface area contributed by atoms with Crippen LogP contribution in [0.15, 0.2) is 17.8 Å². The topological polar surface area (TPSA) is 43.3 Å². The second-order valence-corrected chi connectivity index (χ2v) is 5.19. The summed E-state index contributed by atoms with van der Waals surface area (Å²) in [6.45, 7) is 0. The van der Waals surface area contributed by atoms with Crippen molar-refractivity contribution in [2.45, 2.75) is 31.0 Å². The highest BCUT2D eigenvalue weighted by atomic mass is 32.1. The van der Waals surface area contributed by atoms with Gasteiger partial charge in [-0.1, -0.05) is 0 Å². The van der Waals surface area contributed by atoms with Crippen LogP contribution in [0.25, 0.3) is 4.96 Å². The van der Waals surface area contributed by atoms with Crippen LogP contribution in [0, 0.1) is 0 Å². The van der Waals surface area contributed by atoms with Crippen molar-refractivity contribution in [2.75, 3.05) is 0 Å². The molecule has 80 valence electrons. The summed E-state index contributed by atoms with van der Waals surface area (Å²) in [7, 11) is 0. The van der Waals surface area contributed by atoms with Crippen LogP contribution in [-0.4, -0.2) is 21.1 Å². The molecule has 1 saturated carbocycles. The van der Waals surface area contributed by atoms with E-state index in [2.05, 4.69) is 4.98 Å². The minimum atomic E-state index is -1.11. The Labute approximate surface area is 90.7 Å². The summed E-state index contributed by atoms with van der Waals surface area (Å²) in [5.74, 6) is 0. The van der Waals surface area contributed by atoms with E-state index in [4.69, 9.17) is 5.73 Å². The lowest BCUT2D eigenvalue weighted by atomic mass is 9.75. The van der Waals surface area contributed by atoms with Gasteiger partial charge in [-0.3, -0.25) is 4.40 Å². The van der Waals surface area contributed by atoms with Gasteiger partial charge < -0.3 is 5.73 Å². The summed E-state index contributed by atoms with van der Waals surface area (Å²) >= 11 is 1.57. The largest absolute Gasteiger partial charge is 0.327 e. The second kappa shape index (κ2) is 3.02. The van der Waals surface area contributed by atoms with E-state index in [1.807, 2.05) is 22.2 Å². The highest BCUT2D eigenvalue weighted by Crippen LogP contribution is 2.37. The number of rotatable bonds is 2. The molecule has 0 aromatic carbocycles. The first-order valence-electron chi connectivity index (χ1n) is 5.00. The molecule has 2 heterocycles. The van der Waals surface area contributed by atoms with Gasteiger partial charge in [0.1, 0.15) is 5.67 Å². The van der Waals surface area contributed by atoms with Crippen LogP contribution in [0.4, 0.5) is 4.39 Å². The number of hydrogen-bond acceptors (Lipinski definition) is 3. The van der Waals surface area contributed by atoms with Gasteiger partial charge in [0.15, 0.2) is 4.96 Å². The molecule has 2 N–H and O–H groups in total. The predicted molar refractivity (Wildman–Crippen MR) is 57.8 cm³/mol. The molecule has 0 saturated heterocycles. The standard InChI is InChI=1S/C10H12FN3S/c11-10(3-7(12)4-10)5-8-6-14-1-2-15-9(14)13-8/h1-2,6-7H,3-5,12H2. The fourth-order valence-corrected chi connectivity index (χ4v) is 2.93. The Morgan fingerprint density at radius 3 is 3.13 bits per heavy atom. The van der Waals surface area contributed by atoms with Gasteiger partial charge in [0.05, 0.1) is 5.69 Å². The van der Waals surface area contributed by atoms with Gasteiger partial charge in [0.25, 0.3) is 0 Å². The van der Waals surface area contributed by atoms with E-state index < -0.39 is 5.67 Å². The summed E-state index contributed by atoms with van der Waals surface area (Å²) in [5.41, 5.74) is 5.32. The van der Waals surface area contributed by atoms with E-state index in [0.717, 1.165) is 10.7 Å². The van der Waals surface area contributed by atoms with E-state index in [1.54, 1.807) is 11.3 Å². The Morgan fingerprint density at radius 2 is 2.47 bits per heavy atom. The average Bonchev–Trinajstić information content (AvgIpc) is 2.60. The number of alkyl halides is 1. The van der Waals surface area contributed by atoms with Crippen molar-refractivity contribution in [1.82, 2.24) is 9.38 Å². The Kier molecular flexibility index (Phi) is 1.87. The van der Waals surface area contributed by atoms with Crippen LogP contribution in [0.1, 0.15) is 18.5 Å². The third-order valence-corrected chi connectivity index (χ3v) is 3.67. The Morgan fingerprint density at radius 1 is 1.67 bits per heavy atom. The van der Waals surface area contributed by atoms with E-state index >= 15 is 0 Å². The molecule has 2 aromatic rings. The predicted octanol–water partition coefficient (Wildman–Crippen LogP) is 1.77. The molecule has 3 rings (SSSR count). The molecule has 1 aliphatic carbocycles. The van der Waals surface area contributed by atoms with Crippen molar-refractivity contribution in [3.63, 3.8) is 0 Å². The highest BCUT2D eigenvalue weighted by Gasteiger charge is 2.43. The Balaban J connectivity index is 1.81. The Hall–Kier alpha value is -0.940. The zero-order valence-electron chi connectivity index (χ0n) is 8.19. The van der Waals surface area contributed by atoms with Gasteiger partial charge in [-0.15, -0.1) is 11.3 Å². The summed E-state index contributed by atoms with van der Waals surface area (Å²) in [5, 5.41) is 1.97. The van der Waals surface area contributed by atoms with Crippen LogP contribution in [0.3, 0.4) is 0 Å². The molecular formula is C10H12FN3S. The van der Waals surface area contributed by atoms with Crippen LogP contribution in [-0.2, 0) is 6.42 Å². The van der Waals surface area contributed by atoms with Crippen molar-refractivity contribution in [2.24, 2.45) is 5.73 Å². The van der Waals surface area contributed by atoms with Gasteiger partial charge in [-0.25, -0.2) is 9.37 Å². The molecule has 1 fully saturated rings. The van der Waals surface area contributed by atoms with Crippen LogP contribution < -0.4 is 5.73 Å². The third kappa shape index (κ3) is 1.55. The fraction of sp³-hybridized carbons (Fsp3) is 0.500. The first kappa shape index (κ1) is 9.30. The summed E-state index contributed by atoms with van der Waals surface area (Å²) in [6.07, 6.45) is 5.18. The smallest absolute Gasteiger partial charge is 0.193 e. The molecule has 0 radical (unpaired) electrons. The average molecular weight is 225 g/mol. The van der Waals surface area contributed by atoms with Crippen molar-refractivity contribution in [3.05, 3.63) is 23.5 Å². The van der Waals surface area contributed by atoms with Crippen LogP contribution >= 0.6 is 11.3 Å². The van der Waals surface area contributed by atoms with Gasteiger partial charge >= 0.3 is 0 Å². The van der Waals surface area contributed by atoms with Crippen molar-refractivity contribution >= 4 is 16.3 Å². The molecule has 1 aliphatic rings. The molecule has 15 heavy (non-hydrogen) atoms. The van der Waals surface area contributed by atoms with Gasteiger partial charge in [-0.2, -0.15) is 0 Å². The van der Waals surface area contributed by atoms with Crippen LogP contribution in [0.2, 0.25) is 0 Å². The maximum atomic E-state index is 14.0. The normalized spacial score (nSPS) is 30.7. The maximum absolute atomic E-state index is 14.0. The lowest BCUT2D eigenvalue weighted by Gasteiger charge is -2.38. The summed E-state index contributed by atoms with van der Waals surface area (Å²) < 4.78 is 15.9. The van der Waals surface area contributed by atoms with Crippen molar-refractivity contribution in [3.8, 4) is 0 Å². The molecule has 0 spiro atoms. The SMILES string of the molecule is NC1CC(F)(Cc2cn3ccsc3n2)C1. The van der Waals surface area contributed by atoms with Gasteiger partial charge in [-0.05, 0) is 12.8 Å². The number of nitrogens with two attached hydrogens (primary N) is 1. The lowest BCUT2D eigenvalue weighted by Crippen LogP contribution is -2.49. The fourth-order valence-electron chi connectivity index (χ4n) is 2.21. The zero-order valence-corrected chi connectivity index (χ0v) is 9.01. The third-order valence-electron chi connectivity index (χ3n) is 2.90. The molecule has 0 unspecified atom stereocenters. The first-order valence-corrected chi connectivity index (χ1v) is 5.88. The first-order chi connectivity index (χ1) is 7.15. The van der Waals surface area contributed by atoms with E-state index in [-0.39, 0.29) is 6.04 Å². The molecule has 0 atom stereocenters. The monoisotopic (exact) mass is 225 g/mol. The summed E-state index contributed by atoms with van der Waals surface area (Å²) in [4.78, 5) is 5.29. The molecule has 5 heteroatoms. The number of aromatic nitrogens is 2. The van der Waals surface area contributed by atoms with Crippen molar-refractivity contribution < 1.29 is 4.39 Å². The number of nitrogens with zero attached hydrogens (tertiary/aromatic N) is 2. The van der Waals surface area contributed by atoms with E-state index in [0.29, 0.717) is 19.3 Å². The second-order valence-electron chi connectivity index (χ2n) is 4.32. The number of halogens is 1. The minimum absolute atomic E-state index is 0.0405. The molecule has 2 aromatic heterocycles.